The summed E-state index contributed by atoms with van der Waals surface area (Å²) in [6.07, 6.45) is 4.76. The third-order valence-corrected chi connectivity index (χ3v) is 3.05. The number of hydrogen-bond acceptors (Lipinski definition) is 2. The lowest BCUT2D eigenvalue weighted by molar-refractivity contribution is 0.789. The van der Waals surface area contributed by atoms with Crippen LogP contribution in [0.25, 0.3) is 0 Å². The Morgan fingerprint density at radius 3 is 2.53 bits per heavy atom. The van der Waals surface area contributed by atoms with E-state index in [1.54, 1.807) is 0 Å². The molecule has 0 saturated carbocycles. The van der Waals surface area contributed by atoms with Crippen LogP contribution in [0.1, 0.15) is 17.0 Å². The quantitative estimate of drug-likeness (QED) is 0.873. The van der Waals surface area contributed by atoms with E-state index in [2.05, 4.69) is 46.9 Å². The molecule has 0 atom stereocenters. The molecule has 2 rings (SSSR count). The number of aromatic nitrogens is 2. The molecule has 3 nitrogen and oxygen atoms in total. The summed E-state index contributed by atoms with van der Waals surface area (Å²) in [4.78, 5) is 4.31. The predicted molar refractivity (Wildman–Crippen MR) is 71.3 cm³/mol. The van der Waals surface area contributed by atoms with Crippen molar-refractivity contribution in [1.29, 1.82) is 0 Å². The van der Waals surface area contributed by atoms with Crippen LogP contribution in [0, 0.1) is 13.8 Å². The Hall–Kier alpha value is -1.77. The van der Waals surface area contributed by atoms with E-state index in [1.165, 1.54) is 16.8 Å². The monoisotopic (exact) mass is 229 g/mol. The van der Waals surface area contributed by atoms with Crippen LogP contribution in [-0.2, 0) is 13.5 Å². The second-order valence-electron chi connectivity index (χ2n) is 4.40. The number of aryl methyl sites for hydroxylation is 3. The van der Waals surface area contributed by atoms with Gasteiger partial charge in [0.2, 0.25) is 0 Å². The van der Waals surface area contributed by atoms with Gasteiger partial charge in [0.05, 0.1) is 0 Å². The Balaban J connectivity index is 1.97. The van der Waals surface area contributed by atoms with Gasteiger partial charge in [0.1, 0.15) is 5.82 Å². The summed E-state index contributed by atoms with van der Waals surface area (Å²) < 4.78 is 2.06. The Labute approximate surface area is 103 Å². The fourth-order valence-corrected chi connectivity index (χ4v) is 2.03. The minimum Gasteiger partial charge on any atom is -0.384 e. The molecule has 0 fully saturated rings. The number of benzene rings is 1. The summed E-state index contributed by atoms with van der Waals surface area (Å²) in [6.45, 7) is 5.18. The lowest BCUT2D eigenvalue weighted by atomic mass is 10.1. The Morgan fingerprint density at radius 2 is 1.94 bits per heavy atom. The molecule has 0 aliphatic rings. The van der Waals surface area contributed by atoms with Crippen LogP contribution in [0.5, 0.6) is 0 Å². The van der Waals surface area contributed by atoms with Gasteiger partial charge >= 0.3 is 0 Å². The first-order valence-electron chi connectivity index (χ1n) is 5.95. The van der Waals surface area contributed by atoms with E-state index in [-0.39, 0.29) is 0 Å². The Morgan fingerprint density at radius 1 is 1.24 bits per heavy atom. The highest BCUT2D eigenvalue weighted by atomic mass is 15.0. The first-order valence-corrected chi connectivity index (χ1v) is 5.95. The fraction of sp³-hybridized carbons (Fsp3) is 0.357. The van der Waals surface area contributed by atoms with E-state index in [0.717, 1.165) is 18.8 Å². The van der Waals surface area contributed by atoms with Gasteiger partial charge in [-0.25, -0.2) is 4.98 Å². The minimum atomic E-state index is 0.913. The summed E-state index contributed by atoms with van der Waals surface area (Å²) in [5.74, 6) is 1.11. The maximum Gasteiger partial charge on any atom is 0.110 e. The molecule has 0 unspecified atom stereocenters. The van der Waals surface area contributed by atoms with E-state index in [0.29, 0.717) is 0 Å². The highest BCUT2D eigenvalue weighted by Crippen LogP contribution is 2.19. The SMILES string of the molecule is Cc1cccc(C)c1NCCc1nccn1C. The maximum absolute atomic E-state index is 4.31. The number of para-hydroxylation sites is 1. The van der Waals surface area contributed by atoms with E-state index in [4.69, 9.17) is 0 Å². The third kappa shape index (κ3) is 2.67. The van der Waals surface area contributed by atoms with E-state index < -0.39 is 0 Å². The van der Waals surface area contributed by atoms with Crippen molar-refractivity contribution in [3.8, 4) is 0 Å². The van der Waals surface area contributed by atoms with E-state index >= 15 is 0 Å². The van der Waals surface area contributed by atoms with Crippen molar-refractivity contribution in [2.45, 2.75) is 20.3 Å². The molecule has 0 amide bonds. The van der Waals surface area contributed by atoms with Crippen molar-refractivity contribution in [3.05, 3.63) is 47.5 Å². The van der Waals surface area contributed by atoms with Gasteiger partial charge in [-0.2, -0.15) is 0 Å². The minimum absolute atomic E-state index is 0.913. The molecule has 1 N–H and O–H groups in total. The maximum atomic E-state index is 4.31. The van der Waals surface area contributed by atoms with Gasteiger partial charge in [0, 0.05) is 38.1 Å². The number of anilines is 1. The normalized spacial score (nSPS) is 10.5. The topological polar surface area (TPSA) is 29.9 Å². The molecule has 0 saturated heterocycles. The van der Waals surface area contributed by atoms with Gasteiger partial charge in [0.15, 0.2) is 0 Å². The largest absolute Gasteiger partial charge is 0.384 e. The molecule has 17 heavy (non-hydrogen) atoms. The number of imidazole rings is 1. The second-order valence-corrected chi connectivity index (χ2v) is 4.40. The third-order valence-electron chi connectivity index (χ3n) is 3.05. The summed E-state index contributed by atoms with van der Waals surface area (Å²) in [7, 11) is 2.03. The van der Waals surface area contributed by atoms with Crippen LogP contribution in [0.3, 0.4) is 0 Å². The van der Waals surface area contributed by atoms with Crippen LogP contribution in [0.15, 0.2) is 30.6 Å². The van der Waals surface area contributed by atoms with Crippen LogP contribution < -0.4 is 5.32 Å². The summed E-state index contributed by atoms with van der Waals surface area (Å²) >= 11 is 0. The van der Waals surface area contributed by atoms with Gasteiger partial charge in [0.25, 0.3) is 0 Å². The summed E-state index contributed by atoms with van der Waals surface area (Å²) in [5.41, 5.74) is 3.84. The average molecular weight is 229 g/mol. The molecule has 1 aromatic heterocycles. The van der Waals surface area contributed by atoms with Crippen molar-refractivity contribution in [1.82, 2.24) is 9.55 Å². The summed E-state index contributed by atoms with van der Waals surface area (Å²) in [6, 6.07) is 6.36. The number of rotatable bonds is 4. The lowest BCUT2D eigenvalue weighted by Crippen LogP contribution is -2.10. The fourth-order valence-electron chi connectivity index (χ4n) is 2.03. The zero-order valence-electron chi connectivity index (χ0n) is 10.7. The van der Waals surface area contributed by atoms with Crippen LogP contribution in [-0.4, -0.2) is 16.1 Å². The molecule has 90 valence electrons. The molecule has 0 aliphatic carbocycles. The highest BCUT2D eigenvalue weighted by molar-refractivity contribution is 5.56. The van der Waals surface area contributed by atoms with Crippen molar-refractivity contribution < 1.29 is 0 Å². The Bertz CT molecular complexity index is 480. The lowest BCUT2D eigenvalue weighted by Gasteiger charge is -2.12. The number of hydrogen-bond donors (Lipinski definition) is 1. The molecule has 0 aliphatic heterocycles. The van der Waals surface area contributed by atoms with Gasteiger partial charge in [-0.05, 0) is 25.0 Å². The average Bonchev–Trinajstić information content (AvgIpc) is 2.69. The van der Waals surface area contributed by atoms with Gasteiger partial charge in [-0.1, -0.05) is 18.2 Å². The van der Waals surface area contributed by atoms with Crippen LogP contribution in [0.2, 0.25) is 0 Å². The van der Waals surface area contributed by atoms with Crippen molar-refractivity contribution in [2.24, 2.45) is 7.05 Å². The molecule has 0 radical (unpaired) electrons. The zero-order valence-corrected chi connectivity index (χ0v) is 10.7. The standard InChI is InChI=1S/C14H19N3/c1-11-5-4-6-12(2)14(11)16-8-7-13-15-9-10-17(13)3/h4-6,9-10,16H,7-8H2,1-3H3. The van der Waals surface area contributed by atoms with Gasteiger partial charge < -0.3 is 9.88 Å². The molecule has 0 bridgehead atoms. The molecule has 1 heterocycles. The molecular formula is C14H19N3. The summed E-state index contributed by atoms with van der Waals surface area (Å²) in [5, 5.41) is 3.49. The van der Waals surface area contributed by atoms with E-state index in [1.807, 2.05) is 19.4 Å². The number of nitrogens with one attached hydrogen (secondary N) is 1. The predicted octanol–water partition coefficient (Wildman–Crippen LogP) is 2.69. The van der Waals surface area contributed by atoms with Crippen LogP contribution >= 0.6 is 0 Å². The van der Waals surface area contributed by atoms with Gasteiger partial charge in [-0.15, -0.1) is 0 Å². The van der Waals surface area contributed by atoms with Crippen LogP contribution in [0.4, 0.5) is 5.69 Å². The first kappa shape index (κ1) is 11.7. The first-order chi connectivity index (χ1) is 8.18. The molecule has 0 spiro atoms. The second kappa shape index (κ2) is 5.04. The van der Waals surface area contributed by atoms with Gasteiger partial charge in [-0.3, -0.25) is 0 Å². The molecule has 3 heteroatoms. The molecule has 1 aromatic carbocycles. The van der Waals surface area contributed by atoms with Crippen molar-refractivity contribution in [2.75, 3.05) is 11.9 Å². The number of nitrogens with zero attached hydrogens (tertiary/aromatic N) is 2. The molecule has 2 aromatic rings. The molecular weight excluding hydrogens is 210 g/mol. The zero-order chi connectivity index (χ0) is 12.3. The smallest absolute Gasteiger partial charge is 0.110 e. The Kier molecular flexibility index (Phi) is 3.47. The van der Waals surface area contributed by atoms with E-state index in [9.17, 15) is 0 Å². The van der Waals surface area contributed by atoms with Crippen molar-refractivity contribution in [3.63, 3.8) is 0 Å². The highest BCUT2D eigenvalue weighted by Gasteiger charge is 2.02. The van der Waals surface area contributed by atoms with Crippen molar-refractivity contribution >= 4 is 5.69 Å².